The molecule has 8 rings (SSSR count). The van der Waals surface area contributed by atoms with E-state index in [0.717, 1.165) is 0 Å². The first kappa shape index (κ1) is 43.7. The van der Waals surface area contributed by atoms with Crippen molar-refractivity contribution in [1.29, 1.82) is 21.0 Å². The fraction of sp³-hybridized carbons (Fsp3) is 0.125. The number of ether oxygens (including phenoxy) is 4. The van der Waals surface area contributed by atoms with Crippen molar-refractivity contribution in [2.24, 2.45) is 9.98 Å². The third-order valence-corrected chi connectivity index (χ3v) is 12.2. The van der Waals surface area contributed by atoms with Crippen LogP contribution in [-0.2, 0) is 75.4 Å². The number of fused-ring (bicyclic) bond motifs is 4. The quantitative estimate of drug-likeness (QED) is 0.0453. The second-order valence-corrected chi connectivity index (χ2v) is 16.2. The van der Waals surface area contributed by atoms with E-state index in [1.165, 1.54) is 0 Å². The lowest BCUT2D eigenvalue weighted by Crippen LogP contribution is -2.46. The number of carbonyl (C=O) groups excluding carboxylic acids is 4. The topological polar surface area (TPSA) is 251 Å². The molecule has 2 aliphatic carbocycles. The van der Waals surface area contributed by atoms with Gasteiger partial charge in [0.15, 0.2) is 0 Å². The number of thiazole rings is 2. The number of nitriles is 4. The maximum atomic E-state index is 15.4. The van der Waals surface area contributed by atoms with Gasteiger partial charge in [0, 0.05) is 11.1 Å². The highest BCUT2D eigenvalue weighted by Gasteiger charge is 2.73. The van der Waals surface area contributed by atoms with Crippen molar-refractivity contribution >= 4 is 79.4 Å². The molecule has 0 saturated heterocycles. The minimum atomic E-state index is -2.80. The minimum Gasteiger partial charge on any atom is -0.459 e. The van der Waals surface area contributed by atoms with Crippen molar-refractivity contribution in [3.63, 3.8) is 0 Å². The summed E-state index contributed by atoms with van der Waals surface area (Å²) in [5.74, 6) is -5.05. The Labute approximate surface area is 383 Å². The Kier molecular flexibility index (Phi) is 12.5. The van der Waals surface area contributed by atoms with Gasteiger partial charge in [0.25, 0.3) is 0 Å². The Bertz CT molecular complexity index is 2820. The van der Waals surface area contributed by atoms with Crippen LogP contribution in [0.5, 0.6) is 0 Å². The lowest BCUT2D eigenvalue weighted by atomic mass is 9.79. The molecule has 0 saturated carbocycles. The van der Waals surface area contributed by atoms with Crippen LogP contribution in [0.4, 0.5) is 10.3 Å². The maximum Gasteiger partial charge on any atom is 0.334 e. The van der Waals surface area contributed by atoms with E-state index in [1.54, 1.807) is 146 Å². The van der Waals surface area contributed by atoms with E-state index in [4.69, 9.17) is 18.9 Å². The van der Waals surface area contributed by atoms with Gasteiger partial charge < -0.3 is 18.9 Å². The second kappa shape index (κ2) is 18.8. The predicted molar refractivity (Wildman–Crippen MR) is 236 cm³/mol. The molecule has 0 radical (unpaired) electrons. The second-order valence-electron chi connectivity index (χ2n) is 14.2. The molecule has 16 nitrogen and oxygen atoms in total. The average Bonchev–Trinajstić information content (AvgIpc) is 4.10. The molecule has 2 heterocycles. The highest BCUT2D eigenvalue weighted by Crippen LogP contribution is 2.67. The summed E-state index contributed by atoms with van der Waals surface area (Å²) >= 11 is 1.32. The Balaban J connectivity index is 1.44. The van der Waals surface area contributed by atoms with Gasteiger partial charge in [-0.2, -0.15) is 31.0 Å². The number of carbonyl (C=O) groups is 4. The molecule has 0 N–H and O–H groups in total. The number of hydrogen-bond donors (Lipinski definition) is 0. The Morgan fingerprint density at radius 3 is 0.955 bits per heavy atom. The predicted octanol–water partition coefficient (Wildman–Crippen LogP) is 7.23. The fourth-order valence-electron chi connectivity index (χ4n) is 7.37. The first-order valence-electron chi connectivity index (χ1n) is 19.6. The van der Waals surface area contributed by atoms with Gasteiger partial charge in [-0.3, -0.25) is 19.2 Å². The van der Waals surface area contributed by atoms with Crippen LogP contribution in [0.2, 0.25) is 0 Å². The van der Waals surface area contributed by atoms with Gasteiger partial charge in [-0.05, 0) is 22.3 Å². The highest BCUT2D eigenvalue weighted by molar-refractivity contribution is 7.18. The normalized spacial score (nSPS) is 13.2. The summed E-state index contributed by atoms with van der Waals surface area (Å²) in [4.78, 5) is 78.7. The van der Waals surface area contributed by atoms with Gasteiger partial charge in [0.05, 0.1) is 21.1 Å². The molecule has 0 fully saturated rings. The molecule has 0 spiro atoms. The van der Waals surface area contributed by atoms with Crippen LogP contribution >= 0.6 is 22.7 Å². The molecule has 0 amide bonds. The average molecular weight is 909 g/mol. The zero-order valence-corrected chi connectivity index (χ0v) is 35.7. The van der Waals surface area contributed by atoms with E-state index in [-0.39, 0.29) is 57.6 Å². The van der Waals surface area contributed by atoms with Crippen LogP contribution in [0.3, 0.4) is 0 Å². The van der Waals surface area contributed by atoms with Crippen LogP contribution in [-0.4, -0.2) is 45.3 Å². The van der Waals surface area contributed by atoms with E-state index in [0.29, 0.717) is 44.9 Å². The molecule has 6 aromatic rings. The van der Waals surface area contributed by atoms with Crippen LogP contribution in [0.1, 0.15) is 43.4 Å². The molecule has 18 heteroatoms. The summed E-state index contributed by atoms with van der Waals surface area (Å²) < 4.78 is 24.0. The Hall–Kier alpha value is -8.94. The summed E-state index contributed by atoms with van der Waals surface area (Å²) in [5, 5.41) is 38.2. The Morgan fingerprint density at radius 1 is 0.455 bits per heavy atom. The van der Waals surface area contributed by atoms with Gasteiger partial charge >= 0.3 is 23.9 Å². The van der Waals surface area contributed by atoms with Gasteiger partial charge in [0.1, 0.15) is 50.7 Å². The van der Waals surface area contributed by atoms with E-state index >= 15 is 19.2 Å². The minimum absolute atomic E-state index is 0.148. The summed E-state index contributed by atoms with van der Waals surface area (Å²) in [6.07, 6.45) is 0. The van der Waals surface area contributed by atoms with E-state index in [1.807, 2.05) is 0 Å². The number of benzene rings is 4. The molecule has 2 aromatic heterocycles. The molecular weight excluding hydrogens is 881 g/mol. The van der Waals surface area contributed by atoms with Crippen LogP contribution in [0, 0.1) is 45.3 Å². The van der Waals surface area contributed by atoms with Crippen LogP contribution in [0.15, 0.2) is 131 Å². The number of esters is 4. The summed E-state index contributed by atoms with van der Waals surface area (Å²) in [5.41, 5.74) is -6.24. The van der Waals surface area contributed by atoms with Crippen LogP contribution < -0.4 is 0 Å². The van der Waals surface area contributed by atoms with Crippen LogP contribution in [0.25, 0.3) is 11.1 Å². The number of rotatable bonds is 14. The van der Waals surface area contributed by atoms with Crippen molar-refractivity contribution in [2.45, 2.75) is 37.3 Å². The highest BCUT2D eigenvalue weighted by atomic mass is 32.1. The zero-order valence-electron chi connectivity index (χ0n) is 34.0. The first-order chi connectivity index (χ1) is 32.2. The first-order valence-corrected chi connectivity index (χ1v) is 21.2. The number of aliphatic imine (C=N–C) groups is 2. The molecule has 0 bridgehead atoms. The third-order valence-electron chi connectivity index (χ3n) is 10.3. The maximum absolute atomic E-state index is 15.4. The summed E-state index contributed by atoms with van der Waals surface area (Å²) in [6, 6.07) is 40.8. The standard InChI is InChI=1S/C48H28N8O8S2/c49-21-33(22-50)53-45-55-39-38(66-45)36-35(47(39,41(57)61-25-29-13-5-1-6-14-29)42(58)62-26-30-15-7-2-8-16-30)37-40(56-46(65-37)54-34(23-51)24-52)48(36,43(59)63-27-31-17-9-3-10-18-31)44(60)64-28-32-19-11-4-12-20-32/h1-20H,25-28H2. The molecule has 0 atom stereocenters. The van der Waals surface area contributed by atoms with Crippen molar-refractivity contribution in [1.82, 2.24) is 9.97 Å². The van der Waals surface area contributed by atoms with Crippen molar-refractivity contribution < 1.29 is 38.1 Å². The van der Waals surface area contributed by atoms with Gasteiger partial charge in [-0.15, -0.1) is 0 Å². The van der Waals surface area contributed by atoms with Crippen molar-refractivity contribution in [3.05, 3.63) is 165 Å². The molecule has 0 aliphatic heterocycles. The van der Waals surface area contributed by atoms with E-state index in [2.05, 4.69) is 20.0 Å². The molecule has 4 aromatic carbocycles. The van der Waals surface area contributed by atoms with E-state index < -0.39 is 57.5 Å². The smallest absolute Gasteiger partial charge is 0.334 e. The summed E-state index contributed by atoms with van der Waals surface area (Å²) in [6.45, 7) is -1.52. The Morgan fingerprint density at radius 2 is 0.712 bits per heavy atom. The van der Waals surface area contributed by atoms with Gasteiger partial charge in [0.2, 0.25) is 32.5 Å². The lowest BCUT2D eigenvalue weighted by molar-refractivity contribution is -0.165. The number of nitrogens with zero attached hydrogens (tertiary/aromatic N) is 8. The molecule has 0 unspecified atom stereocenters. The number of hydrogen-bond acceptors (Lipinski definition) is 18. The monoisotopic (exact) mass is 908 g/mol. The van der Waals surface area contributed by atoms with Crippen molar-refractivity contribution in [2.75, 3.05) is 0 Å². The SMILES string of the molecule is N#CC(C#N)=Nc1nc2c(s1)C1=C(c3sc(N=C(C#N)C#N)nc3C1(C(=O)OCc1ccccc1)C(=O)OCc1ccccc1)C2(C(=O)OCc1ccccc1)C(=O)OCc1ccccc1. The molecule has 320 valence electrons. The van der Waals surface area contributed by atoms with Crippen molar-refractivity contribution in [3.8, 4) is 24.3 Å². The molecule has 2 aliphatic rings. The molecule has 66 heavy (non-hydrogen) atoms. The van der Waals surface area contributed by atoms with E-state index in [9.17, 15) is 21.0 Å². The number of aromatic nitrogens is 2. The summed E-state index contributed by atoms with van der Waals surface area (Å²) in [7, 11) is 0. The lowest BCUT2D eigenvalue weighted by Gasteiger charge is -2.27. The fourth-order valence-corrected chi connectivity index (χ4v) is 9.59. The largest absolute Gasteiger partial charge is 0.459 e. The van der Waals surface area contributed by atoms with Gasteiger partial charge in [-0.1, -0.05) is 144 Å². The molecular formula is C48H28N8O8S2. The third kappa shape index (κ3) is 7.86. The van der Waals surface area contributed by atoms with Gasteiger partial charge in [-0.25, -0.2) is 9.97 Å². The zero-order chi connectivity index (χ0) is 46.3.